The Morgan fingerprint density at radius 3 is 2.89 bits per heavy atom. The molecule has 0 aliphatic heterocycles. The van der Waals surface area contributed by atoms with Crippen LogP contribution in [0.2, 0.25) is 0 Å². The molecule has 0 saturated heterocycles. The number of nitro benzene ring substituents is 1. The van der Waals surface area contributed by atoms with Crippen LogP contribution in [0.5, 0.6) is 5.75 Å². The Hall–Kier alpha value is -2.55. The van der Waals surface area contributed by atoms with Gasteiger partial charge < -0.3 is 10.4 Å². The number of phenolic OH excluding ortho intramolecular Hbond substituents is 1. The molecule has 0 bridgehead atoms. The van der Waals surface area contributed by atoms with Crippen molar-refractivity contribution in [1.29, 1.82) is 0 Å². The molecule has 0 heterocycles. The highest BCUT2D eigenvalue weighted by atomic mass is 16.6. The fourth-order valence-corrected chi connectivity index (χ4v) is 1.24. The second-order valence-electron chi connectivity index (χ2n) is 3.49. The molecule has 0 spiro atoms. The molecule has 0 aliphatic carbocycles. The third kappa shape index (κ3) is 4.14. The molecule has 1 aromatic rings. The van der Waals surface area contributed by atoms with Gasteiger partial charge in [-0.05, 0) is 12.1 Å². The lowest BCUT2D eigenvalue weighted by atomic mass is 10.1. The Morgan fingerprint density at radius 1 is 1.56 bits per heavy atom. The maximum Gasteiger partial charge on any atom is 0.288 e. The molecule has 1 aromatic carbocycles. The average Bonchev–Trinajstić information content (AvgIpc) is 2.29. The van der Waals surface area contributed by atoms with Gasteiger partial charge in [-0.1, -0.05) is 11.8 Å². The zero-order valence-electron chi connectivity index (χ0n) is 9.77. The summed E-state index contributed by atoms with van der Waals surface area (Å²) in [5.74, 6) is 5.04. The summed E-state index contributed by atoms with van der Waals surface area (Å²) in [5.41, 5.74) is 0.00246. The van der Waals surface area contributed by atoms with E-state index < -0.39 is 4.92 Å². The van der Waals surface area contributed by atoms with E-state index >= 15 is 0 Å². The highest BCUT2D eigenvalue weighted by Crippen LogP contribution is 2.22. The fourth-order valence-electron chi connectivity index (χ4n) is 1.24. The molecule has 0 saturated carbocycles. The first kappa shape index (κ1) is 13.5. The van der Waals surface area contributed by atoms with Crippen LogP contribution in [0, 0.1) is 22.0 Å². The van der Waals surface area contributed by atoms with Crippen molar-refractivity contribution in [3.05, 3.63) is 33.9 Å². The minimum atomic E-state index is -0.600. The Labute approximate surface area is 104 Å². The van der Waals surface area contributed by atoms with Crippen LogP contribution in [-0.2, 0) is 4.79 Å². The van der Waals surface area contributed by atoms with E-state index in [0.29, 0.717) is 13.0 Å². The predicted octanol–water partition coefficient (Wildman–Crippen LogP) is 1.18. The zero-order chi connectivity index (χ0) is 13.5. The van der Waals surface area contributed by atoms with Crippen molar-refractivity contribution < 1.29 is 14.8 Å². The van der Waals surface area contributed by atoms with Crippen molar-refractivity contribution >= 4 is 11.6 Å². The number of aromatic hydroxyl groups is 1. The monoisotopic (exact) mass is 248 g/mol. The topological polar surface area (TPSA) is 92.5 Å². The highest BCUT2D eigenvalue weighted by Gasteiger charge is 2.12. The second kappa shape index (κ2) is 6.25. The molecule has 0 radical (unpaired) electrons. The first-order valence-electron chi connectivity index (χ1n) is 5.21. The molecule has 1 amide bonds. The Morgan fingerprint density at radius 2 is 2.28 bits per heavy atom. The Kier molecular flexibility index (Phi) is 4.69. The molecule has 6 nitrogen and oxygen atoms in total. The van der Waals surface area contributed by atoms with E-state index in [4.69, 9.17) is 5.11 Å². The number of hydrogen-bond donors (Lipinski definition) is 2. The average molecular weight is 248 g/mol. The van der Waals surface area contributed by atoms with Crippen LogP contribution in [0.15, 0.2) is 18.2 Å². The molecule has 0 fully saturated rings. The van der Waals surface area contributed by atoms with Crippen molar-refractivity contribution in [2.45, 2.75) is 13.3 Å². The number of benzene rings is 1. The van der Waals surface area contributed by atoms with Crippen molar-refractivity contribution in [3.63, 3.8) is 0 Å². The van der Waals surface area contributed by atoms with Crippen molar-refractivity contribution in [1.82, 2.24) is 5.32 Å². The quantitative estimate of drug-likeness (QED) is 0.363. The number of carbonyl (C=O) groups is 1. The number of phenols is 1. The van der Waals surface area contributed by atoms with Gasteiger partial charge in [0.1, 0.15) is 11.3 Å². The van der Waals surface area contributed by atoms with Crippen LogP contribution in [-0.4, -0.2) is 22.5 Å². The van der Waals surface area contributed by atoms with Crippen LogP contribution >= 0.6 is 0 Å². The zero-order valence-corrected chi connectivity index (χ0v) is 9.77. The molecule has 94 valence electrons. The number of hydrogen-bond acceptors (Lipinski definition) is 4. The van der Waals surface area contributed by atoms with Gasteiger partial charge in [0.2, 0.25) is 5.91 Å². The fraction of sp³-hybridized carbons (Fsp3) is 0.250. The normalized spacial score (nSPS) is 9.17. The molecule has 1 rings (SSSR count). The van der Waals surface area contributed by atoms with Crippen LogP contribution in [0.1, 0.15) is 18.9 Å². The number of nitrogens with zero attached hydrogens (tertiary/aromatic N) is 1. The maximum absolute atomic E-state index is 10.7. The van der Waals surface area contributed by atoms with Crippen LogP contribution < -0.4 is 5.32 Å². The van der Waals surface area contributed by atoms with Gasteiger partial charge in [-0.3, -0.25) is 14.9 Å². The number of amides is 1. The lowest BCUT2D eigenvalue weighted by Crippen LogP contribution is -2.20. The summed E-state index contributed by atoms with van der Waals surface area (Å²) in [4.78, 5) is 20.7. The molecule has 2 N–H and O–H groups in total. The van der Waals surface area contributed by atoms with Crippen molar-refractivity contribution in [3.8, 4) is 17.6 Å². The molecule has 18 heavy (non-hydrogen) atoms. The molecule has 0 unspecified atom stereocenters. The molecular formula is C12H12N2O4. The first-order chi connectivity index (χ1) is 8.50. The lowest BCUT2D eigenvalue weighted by molar-refractivity contribution is -0.385. The molecule has 6 heteroatoms. The third-order valence-electron chi connectivity index (χ3n) is 2.03. The summed E-state index contributed by atoms with van der Waals surface area (Å²) in [6, 6.07) is 3.78. The Bertz CT molecular complexity index is 529. The number of nitro groups is 1. The minimum Gasteiger partial charge on any atom is -0.508 e. The summed E-state index contributed by atoms with van der Waals surface area (Å²) in [6.45, 7) is 1.80. The third-order valence-corrected chi connectivity index (χ3v) is 2.03. The van der Waals surface area contributed by atoms with Gasteiger partial charge in [-0.25, -0.2) is 0 Å². The molecule has 0 aliphatic rings. The smallest absolute Gasteiger partial charge is 0.288 e. The standard InChI is InChI=1S/C12H12N2O4/c1-9(15)13-7-3-2-4-10-5-6-11(16)8-12(10)14(17)18/h5-6,8,16H,3,7H2,1H3,(H,13,15). The molecule has 0 aromatic heterocycles. The summed E-state index contributed by atoms with van der Waals surface area (Å²) >= 11 is 0. The van der Waals surface area contributed by atoms with Gasteiger partial charge in [-0.15, -0.1) is 0 Å². The van der Waals surface area contributed by atoms with E-state index in [1.807, 2.05) is 0 Å². The molecular weight excluding hydrogens is 236 g/mol. The minimum absolute atomic E-state index is 0.146. The number of rotatable bonds is 3. The summed E-state index contributed by atoms with van der Waals surface area (Å²) in [7, 11) is 0. The van der Waals surface area contributed by atoms with E-state index in [0.717, 1.165) is 6.07 Å². The highest BCUT2D eigenvalue weighted by molar-refractivity contribution is 5.72. The SMILES string of the molecule is CC(=O)NCCC#Cc1ccc(O)cc1[N+](=O)[O-]. The Balaban J connectivity index is 2.75. The molecule has 0 atom stereocenters. The lowest BCUT2D eigenvalue weighted by Gasteiger charge is -1.97. The number of nitrogens with one attached hydrogen (secondary N) is 1. The number of carbonyl (C=O) groups excluding carboxylic acids is 1. The predicted molar refractivity (Wildman–Crippen MR) is 64.9 cm³/mol. The van der Waals surface area contributed by atoms with Gasteiger partial charge in [-0.2, -0.15) is 0 Å². The van der Waals surface area contributed by atoms with Gasteiger partial charge in [0, 0.05) is 19.9 Å². The van der Waals surface area contributed by atoms with E-state index in [1.165, 1.54) is 19.1 Å². The van der Waals surface area contributed by atoms with E-state index in [9.17, 15) is 14.9 Å². The first-order valence-corrected chi connectivity index (χ1v) is 5.21. The van der Waals surface area contributed by atoms with Crippen molar-refractivity contribution in [2.24, 2.45) is 0 Å². The van der Waals surface area contributed by atoms with Gasteiger partial charge >= 0.3 is 0 Å². The maximum atomic E-state index is 10.7. The van der Waals surface area contributed by atoms with Gasteiger partial charge in [0.05, 0.1) is 11.0 Å². The van der Waals surface area contributed by atoms with Crippen LogP contribution in [0.3, 0.4) is 0 Å². The van der Waals surface area contributed by atoms with Crippen molar-refractivity contribution in [2.75, 3.05) is 6.54 Å². The van der Waals surface area contributed by atoms with Crippen LogP contribution in [0.25, 0.3) is 0 Å². The van der Waals surface area contributed by atoms with E-state index in [2.05, 4.69) is 17.2 Å². The summed E-state index contributed by atoms with van der Waals surface area (Å²) in [5, 5.41) is 22.4. The largest absolute Gasteiger partial charge is 0.508 e. The van der Waals surface area contributed by atoms with Crippen LogP contribution in [0.4, 0.5) is 5.69 Å². The van der Waals surface area contributed by atoms with E-state index in [1.54, 1.807) is 0 Å². The van der Waals surface area contributed by atoms with E-state index in [-0.39, 0.29) is 22.9 Å². The second-order valence-corrected chi connectivity index (χ2v) is 3.49. The summed E-state index contributed by atoms with van der Waals surface area (Å²) in [6.07, 6.45) is 0.400. The summed E-state index contributed by atoms with van der Waals surface area (Å²) < 4.78 is 0. The van der Waals surface area contributed by atoms with Gasteiger partial charge in [0.25, 0.3) is 5.69 Å². The van der Waals surface area contributed by atoms with Gasteiger partial charge in [0.15, 0.2) is 0 Å².